The Morgan fingerprint density at radius 1 is 1.00 bits per heavy atom. The van der Waals surface area contributed by atoms with Crippen molar-refractivity contribution in [1.29, 1.82) is 0 Å². The van der Waals surface area contributed by atoms with Gasteiger partial charge in [-0.3, -0.25) is 19.5 Å². The molecule has 0 spiro atoms. The van der Waals surface area contributed by atoms with E-state index in [1.165, 1.54) is 34.6 Å². The summed E-state index contributed by atoms with van der Waals surface area (Å²) in [4.78, 5) is 30.3. The maximum atomic E-state index is 14.0. The normalized spacial score (nSPS) is 15.7. The lowest BCUT2D eigenvalue weighted by Crippen LogP contribution is -2.38. The van der Waals surface area contributed by atoms with Crippen LogP contribution >= 0.6 is 43.2 Å². The summed E-state index contributed by atoms with van der Waals surface area (Å²) in [6, 6.07) is 28.3. The van der Waals surface area contributed by atoms with Gasteiger partial charge in [-0.15, -0.1) is 0 Å². The molecular formula is C34H23Br2N3O4S. The third kappa shape index (κ3) is 5.38. The van der Waals surface area contributed by atoms with Crippen molar-refractivity contribution in [3.63, 3.8) is 0 Å². The molecule has 7 nitrogen and oxygen atoms in total. The molecule has 44 heavy (non-hydrogen) atoms. The van der Waals surface area contributed by atoms with Crippen LogP contribution in [-0.2, 0) is 13.0 Å². The minimum Gasteiger partial charge on any atom is -0.488 e. The molecule has 218 valence electrons. The zero-order valence-electron chi connectivity index (χ0n) is 23.1. The summed E-state index contributed by atoms with van der Waals surface area (Å²) in [7, 11) is 0. The summed E-state index contributed by atoms with van der Waals surface area (Å²) >= 11 is 8.55. The first-order valence-electron chi connectivity index (χ1n) is 13.9. The average Bonchev–Trinajstić information content (AvgIpc) is 3.34. The number of ether oxygens (including phenoxy) is 1. The molecule has 0 unspecified atom stereocenters. The van der Waals surface area contributed by atoms with E-state index in [0.29, 0.717) is 15.1 Å². The van der Waals surface area contributed by atoms with Crippen LogP contribution in [-0.4, -0.2) is 9.49 Å². The van der Waals surface area contributed by atoms with E-state index in [0.717, 1.165) is 49.7 Å². The van der Waals surface area contributed by atoms with E-state index >= 15 is 0 Å². The van der Waals surface area contributed by atoms with Crippen LogP contribution in [0.5, 0.6) is 5.75 Å². The maximum Gasteiger partial charge on any atom is 0.271 e. The van der Waals surface area contributed by atoms with Gasteiger partial charge in [-0.2, -0.15) is 0 Å². The first-order chi connectivity index (χ1) is 21.4. The molecular weight excluding hydrogens is 706 g/mol. The molecule has 0 saturated heterocycles. The number of nitrogens with zero attached hydrogens (tertiary/aromatic N) is 3. The van der Waals surface area contributed by atoms with E-state index in [1.807, 2.05) is 47.0 Å². The smallest absolute Gasteiger partial charge is 0.271 e. The number of nitro benzene ring substituents is 1. The van der Waals surface area contributed by atoms with Gasteiger partial charge in [0.15, 0.2) is 4.80 Å². The molecule has 4 aromatic carbocycles. The Morgan fingerprint density at radius 2 is 1.77 bits per heavy atom. The molecule has 0 amide bonds. The predicted octanol–water partition coefficient (Wildman–Crippen LogP) is 7.33. The van der Waals surface area contributed by atoms with Crippen molar-refractivity contribution in [2.75, 3.05) is 0 Å². The quantitative estimate of drug-likeness (QED) is 0.135. The number of aryl methyl sites for hydroxylation is 1. The van der Waals surface area contributed by atoms with Crippen LogP contribution in [0.4, 0.5) is 5.69 Å². The van der Waals surface area contributed by atoms with Gasteiger partial charge in [0.05, 0.1) is 25.7 Å². The van der Waals surface area contributed by atoms with Crippen molar-refractivity contribution in [2.24, 2.45) is 4.99 Å². The number of thiazole rings is 1. The third-order valence-corrected chi connectivity index (χ3v) is 9.99. The standard InChI is InChI=1S/C34H23Br2N3O4S/c35-24-11-8-23(9-12-24)32-27-15-10-22-3-1-2-4-26(22)31(27)37-34-38(32)33(40)30(44-34)18-21-7-16-29(28(36)17-21)43-19-20-5-13-25(14-6-20)39(41)42/h1-9,11-14,16-18,32H,10,15,19H2/b30-18-/t32-/m1/s1. The lowest BCUT2D eigenvalue weighted by atomic mass is 9.83. The monoisotopic (exact) mass is 727 g/mol. The second kappa shape index (κ2) is 11.8. The third-order valence-electron chi connectivity index (χ3n) is 7.85. The van der Waals surface area contributed by atoms with Crippen molar-refractivity contribution < 1.29 is 9.66 Å². The zero-order valence-corrected chi connectivity index (χ0v) is 27.1. The molecule has 0 bridgehead atoms. The number of nitro groups is 1. The minimum atomic E-state index is -0.426. The van der Waals surface area contributed by atoms with E-state index in [4.69, 9.17) is 9.73 Å². The van der Waals surface area contributed by atoms with Crippen LogP contribution in [0.3, 0.4) is 0 Å². The molecule has 2 aliphatic rings. The Morgan fingerprint density at radius 3 is 2.52 bits per heavy atom. The summed E-state index contributed by atoms with van der Waals surface area (Å²) in [6.45, 7) is 0.262. The number of rotatable bonds is 6. The molecule has 0 N–H and O–H groups in total. The van der Waals surface area contributed by atoms with Crippen molar-refractivity contribution in [1.82, 2.24) is 4.57 Å². The average molecular weight is 729 g/mol. The second-order valence-electron chi connectivity index (χ2n) is 10.6. The number of fused-ring (bicyclic) bond motifs is 3. The Kier molecular flexibility index (Phi) is 7.65. The van der Waals surface area contributed by atoms with Gasteiger partial charge < -0.3 is 4.74 Å². The lowest BCUT2D eigenvalue weighted by molar-refractivity contribution is -0.384. The van der Waals surface area contributed by atoms with Gasteiger partial charge >= 0.3 is 0 Å². The molecule has 2 heterocycles. The van der Waals surface area contributed by atoms with Gasteiger partial charge in [-0.05, 0) is 99.1 Å². The fourth-order valence-electron chi connectivity index (χ4n) is 5.72. The van der Waals surface area contributed by atoms with E-state index in [-0.39, 0.29) is 23.9 Å². The number of allylic oxidation sites excluding steroid dienone is 1. The summed E-state index contributed by atoms with van der Waals surface area (Å²) in [5, 5.41) is 10.9. The second-order valence-corrected chi connectivity index (χ2v) is 13.3. The highest BCUT2D eigenvalue weighted by Crippen LogP contribution is 2.41. The molecule has 1 aromatic heterocycles. The Bertz CT molecular complexity index is 2150. The van der Waals surface area contributed by atoms with Crippen LogP contribution in [0.1, 0.15) is 40.3 Å². The molecule has 1 aliphatic carbocycles. The van der Waals surface area contributed by atoms with Gasteiger partial charge in [-0.25, -0.2) is 4.99 Å². The molecule has 1 atom stereocenters. The van der Waals surface area contributed by atoms with E-state index in [1.54, 1.807) is 12.1 Å². The van der Waals surface area contributed by atoms with Crippen molar-refractivity contribution in [2.45, 2.75) is 25.5 Å². The Balaban J connectivity index is 1.25. The predicted molar refractivity (Wildman–Crippen MR) is 178 cm³/mol. The lowest BCUT2D eigenvalue weighted by Gasteiger charge is -2.30. The summed E-state index contributed by atoms with van der Waals surface area (Å²) in [5.41, 5.74) is 7.26. The molecule has 7 rings (SSSR count). The fraction of sp³-hybridized carbons (Fsp3) is 0.118. The molecule has 5 aromatic rings. The topological polar surface area (TPSA) is 86.7 Å². The fourth-order valence-corrected chi connectivity index (χ4v) is 7.49. The largest absolute Gasteiger partial charge is 0.488 e. The van der Waals surface area contributed by atoms with Gasteiger partial charge in [0.2, 0.25) is 0 Å². The summed E-state index contributed by atoms with van der Waals surface area (Å²) in [5.74, 6) is 0.628. The first kappa shape index (κ1) is 28.6. The molecule has 1 aliphatic heterocycles. The van der Waals surface area contributed by atoms with Crippen molar-refractivity contribution in [3.05, 3.63) is 163 Å². The van der Waals surface area contributed by atoms with Gasteiger partial charge in [0.25, 0.3) is 11.2 Å². The summed E-state index contributed by atoms with van der Waals surface area (Å²) in [6.07, 6.45) is 3.65. The van der Waals surface area contributed by atoms with Crippen LogP contribution < -0.4 is 19.6 Å². The highest BCUT2D eigenvalue weighted by Gasteiger charge is 2.32. The van der Waals surface area contributed by atoms with E-state index in [9.17, 15) is 14.9 Å². The van der Waals surface area contributed by atoms with Crippen molar-refractivity contribution >= 4 is 60.7 Å². The number of benzene rings is 4. The van der Waals surface area contributed by atoms with E-state index in [2.05, 4.69) is 62.2 Å². The number of aromatic nitrogens is 1. The maximum absolute atomic E-state index is 14.0. The van der Waals surface area contributed by atoms with Crippen LogP contribution in [0, 0.1) is 10.1 Å². The van der Waals surface area contributed by atoms with Crippen LogP contribution in [0.25, 0.3) is 11.8 Å². The summed E-state index contributed by atoms with van der Waals surface area (Å²) < 4.78 is 10.1. The number of halogens is 2. The molecule has 0 radical (unpaired) electrons. The first-order valence-corrected chi connectivity index (χ1v) is 16.3. The Hall–Kier alpha value is -4.12. The Labute approximate surface area is 272 Å². The van der Waals surface area contributed by atoms with E-state index < -0.39 is 4.92 Å². The van der Waals surface area contributed by atoms with Crippen molar-refractivity contribution in [3.8, 4) is 5.75 Å². The number of hydrogen-bond donors (Lipinski definition) is 0. The molecule has 10 heteroatoms. The van der Waals surface area contributed by atoms with Gasteiger partial charge in [0, 0.05) is 22.2 Å². The SMILES string of the molecule is O=c1/c(=C/c2ccc(OCc3ccc([N+](=O)[O-])cc3)c(Br)c2)sc2n1[C@H](c1ccc(Br)cc1)C1=C(N=2)c2ccccc2CC1. The molecule has 0 saturated carbocycles. The molecule has 0 fully saturated rings. The highest BCUT2D eigenvalue weighted by atomic mass is 79.9. The van der Waals surface area contributed by atoms with Gasteiger partial charge in [0.1, 0.15) is 12.4 Å². The number of non-ortho nitro benzene ring substituents is 1. The van der Waals surface area contributed by atoms with Crippen LogP contribution in [0.2, 0.25) is 0 Å². The van der Waals surface area contributed by atoms with Gasteiger partial charge in [-0.1, -0.05) is 69.7 Å². The highest BCUT2D eigenvalue weighted by molar-refractivity contribution is 9.10. The zero-order chi connectivity index (χ0) is 30.4. The van der Waals surface area contributed by atoms with Crippen LogP contribution in [0.15, 0.2) is 115 Å². The number of hydrogen-bond acceptors (Lipinski definition) is 6. The minimum absolute atomic E-state index is 0.0395.